The van der Waals surface area contributed by atoms with Gasteiger partial charge in [-0.2, -0.15) is 0 Å². The van der Waals surface area contributed by atoms with Crippen LogP contribution in [0.2, 0.25) is 0 Å². The van der Waals surface area contributed by atoms with E-state index in [0.29, 0.717) is 12.3 Å². The van der Waals surface area contributed by atoms with Gasteiger partial charge in [0.1, 0.15) is 5.75 Å². The minimum Gasteiger partial charge on any atom is -0.484 e. The molecule has 1 heterocycles. The Hall–Kier alpha value is -2.49. The predicted molar refractivity (Wildman–Crippen MR) is 101 cm³/mol. The van der Waals surface area contributed by atoms with Gasteiger partial charge in [-0.15, -0.1) is 0 Å². The number of anilines is 1. The summed E-state index contributed by atoms with van der Waals surface area (Å²) in [4.78, 5) is 14.3. The summed E-state index contributed by atoms with van der Waals surface area (Å²) >= 11 is 0. The molecule has 4 heteroatoms. The zero-order valence-electron chi connectivity index (χ0n) is 14.6. The number of ether oxygens (including phenoxy) is 1. The van der Waals surface area contributed by atoms with Gasteiger partial charge in [-0.05, 0) is 55.5 Å². The Bertz CT molecular complexity index is 649. The van der Waals surface area contributed by atoms with E-state index in [1.54, 1.807) is 0 Å². The van der Waals surface area contributed by atoms with Crippen molar-refractivity contribution < 1.29 is 9.53 Å². The molecule has 2 aromatic carbocycles. The van der Waals surface area contributed by atoms with Crippen molar-refractivity contribution in [2.75, 3.05) is 31.1 Å². The molecule has 1 fully saturated rings. The van der Waals surface area contributed by atoms with E-state index >= 15 is 0 Å². The number of piperidine rings is 1. The first-order valence-electron chi connectivity index (χ1n) is 9.10. The fourth-order valence-corrected chi connectivity index (χ4v) is 3.09. The van der Waals surface area contributed by atoms with Crippen molar-refractivity contribution in [1.29, 1.82) is 0 Å². The van der Waals surface area contributed by atoms with E-state index in [-0.39, 0.29) is 12.5 Å². The predicted octanol–water partition coefficient (Wildman–Crippen LogP) is 3.41. The van der Waals surface area contributed by atoms with E-state index in [1.807, 2.05) is 30.3 Å². The minimum absolute atomic E-state index is 0.0535. The topological polar surface area (TPSA) is 41.6 Å². The molecule has 0 unspecified atom stereocenters. The van der Waals surface area contributed by atoms with Crippen LogP contribution in [-0.4, -0.2) is 32.1 Å². The minimum atomic E-state index is -0.0891. The summed E-state index contributed by atoms with van der Waals surface area (Å²) in [5.41, 5.74) is 2.55. The maximum atomic E-state index is 11.8. The van der Waals surface area contributed by atoms with Crippen LogP contribution in [0.3, 0.4) is 0 Å². The maximum absolute atomic E-state index is 11.8. The molecule has 1 saturated heterocycles. The van der Waals surface area contributed by atoms with Crippen molar-refractivity contribution in [3.05, 3.63) is 60.2 Å². The molecule has 2 aromatic rings. The summed E-state index contributed by atoms with van der Waals surface area (Å²) in [6.07, 6.45) is 4.76. The number of amides is 1. The fraction of sp³-hybridized carbons (Fsp3) is 0.381. The quantitative estimate of drug-likeness (QED) is 0.841. The van der Waals surface area contributed by atoms with Gasteiger partial charge in [0.2, 0.25) is 0 Å². The molecule has 1 amide bonds. The highest BCUT2D eigenvalue weighted by molar-refractivity contribution is 5.77. The monoisotopic (exact) mass is 338 g/mol. The average Bonchev–Trinajstić information content (AvgIpc) is 2.68. The van der Waals surface area contributed by atoms with Gasteiger partial charge in [-0.1, -0.05) is 30.3 Å². The van der Waals surface area contributed by atoms with Gasteiger partial charge in [-0.25, -0.2) is 0 Å². The van der Waals surface area contributed by atoms with E-state index < -0.39 is 0 Å². The Balaban J connectivity index is 1.37. The van der Waals surface area contributed by atoms with Gasteiger partial charge in [-0.3, -0.25) is 4.79 Å². The Morgan fingerprint density at radius 2 is 1.68 bits per heavy atom. The molecular formula is C21H26N2O2. The van der Waals surface area contributed by atoms with Gasteiger partial charge >= 0.3 is 0 Å². The zero-order valence-corrected chi connectivity index (χ0v) is 14.6. The second kappa shape index (κ2) is 9.11. The van der Waals surface area contributed by atoms with Crippen molar-refractivity contribution in [2.45, 2.75) is 25.7 Å². The van der Waals surface area contributed by atoms with E-state index in [1.165, 1.54) is 30.5 Å². The van der Waals surface area contributed by atoms with E-state index in [0.717, 1.165) is 19.5 Å². The van der Waals surface area contributed by atoms with Crippen molar-refractivity contribution in [3.63, 3.8) is 0 Å². The standard InChI is InChI=1S/C21H26N2O2/c24-21(17-25-20-7-3-1-4-8-20)22-14-13-18-9-11-19(12-10-18)23-15-5-2-6-16-23/h1,3-4,7-12H,2,5-6,13-17H2,(H,22,24). The molecule has 0 spiro atoms. The van der Waals surface area contributed by atoms with E-state index in [2.05, 4.69) is 34.5 Å². The van der Waals surface area contributed by atoms with Crippen LogP contribution in [0, 0.1) is 0 Å². The second-order valence-electron chi connectivity index (χ2n) is 6.42. The average molecular weight is 338 g/mol. The number of carbonyl (C=O) groups is 1. The van der Waals surface area contributed by atoms with Crippen LogP contribution in [0.5, 0.6) is 5.75 Å². The number of benzene rings is 2. The number of nitrogens with zero attached hydrogens (tertiary/aromatic N) is 1. The molecule has 0 bridgehead atoms. The molecule has 0 saturated carbocycles. The van der Waals surface area contributed by atoms with Gasteiger partial charge in [0, 0.05) is 25.3 Å². The Labute approximate surface area is 149 Å². The zero-order chi connectivity index (χ0) is 17.3. The van der Waals surface area contributed by atoms with Crippen molar-refractivity contribution >= 4 is 11.6 Å². The first-order valence-corrected chi connectivity index (χ1v) is 9.10. The van der Waals surface area contributed by atoms with Crippen LogP contribution < -0.4 is 15.0 Å². The van der Waals surface area contributed by atoms with Crippen molar-refractivity contribution in [3.8, 4) is 5.75 Å². The molecule has 0 atom stereocenters. The third-order valence-corrected chi connectivity index (χ3v) is 4.51. The number of nitrogens with one attached hydrogen (secondary N) is 1. The fourth-order valence-electron chi connectivity index (χ4n) is 3.09. The molecule has 4 nitrogen and oxygen atoms in total. The normalized spacial score (nSPS) is 14.2. The number of rotatable bonds is 7. The Morgan fingerprint density at radius 3 is 2.40 bits per heavy atom. The molecule has 1 aliphatic heterocycles. The summed E-state index contributed by atoms with van der Waals surface area (Å²) in [5.74, 6) is 0.625. The van der Waals surface area contributed by atoms with Crippen LogP contribution in [0.1, 0.15) is 24.8 Å². The van der Waals surface area contributed by atoms with Crippen LogP contribution in [-0.2, 0) is 11.2 Å². The van der Waals surface area contributed by atoms with Crippen LogP contribution in [0.25, 0.3) is 0 Å². The molecule has 1 aliphatic rings. The summed E-state index contributed by atoms with van der Waals surface area (Å²) < 4.78 is 5.44. The van der Waals surface area contributed by atoms with Crippen LogP contribution in [0.15, 0.2) is 54.6 Å². The molecular weight excluding hydrogens is 312 g/mol. The molecule has 0 aliphatic carbocycles. The third kappa shape index (κ3) is 5.52. The van der Waals surface area contributed by atoms with Gasteiger partial charge in [0.25, 0.3) is 5.91 Å². The Kier molecular flexibility index (Phi) is 6.32. The largest absolute Gasteiger partial charge is 0.484 e. The highest BCUT2D eigenvalue weighted by Crippen LogP contribution is 2.20. The molecule has 0 radical (unpaired) electrons. The second-order valence-corrected chi connectivity index (χ2v) is 6.42. The number of hydrogen-bond donors (Lipinski definition) is 1. The Morgan fingerprint density at radius 1 is 0.960 bits per heavy atom. The lowest BCUT2D eigenvalue weighted by atomic mass is 10.1. The number of para-hydroxylation sites is 1. The summed E-state index contributed by atoms with van der Waals surface area (Å²) in [6, 6.07) is 18.1. The highest BCUT2D eigenvalue weighted by Gasteiger charge is 2.10. The van der Waals surface area contributed by atoms with E-state index in [9.17, 15) is 4.79 Å². The lowest BCUT2D eigenvalue weighted by Gasteiger charge is -2.28. The highest BCUT2D eigenvalue weighted by atomic mass is 16.5. The SMILES string of the molecule is O=C(COc1ccccc1)NCCc1ccc(N2CCCCC2)cc1. The molecule has 0 aromatic heterocycles. The van der Waals surface area contributed by atoms with Crippen LogP contribution in [0.4, 0.5) is 5.69 Å². The van der Waals surface area contributed by atoms with Gasteiger partial charge in [0.15, 0.2) is 6.61 Å². The lowest BCUT2D eigenvalue weighted by molar-refractivity contribution is -0.123. The summed E-state index contributed by atoms with van der Waals surface area (Å²) in [6.45, 7) is 3.01. The van der Waals surface area contributed by atoms with Crippen molar-refractivity contribution in [2.24, 2.45) is 0 Å². The third-order valence-electron chi connectivity index (χ3n) is 4.51. The van der Waals surface area contributed by atoms with Crippen LogP contribution >= 0.6 is 0 Å². The summed E-state index contributed by atoms with van der Waals surface area (Å²) in [7, 11) is 0. The molecule has 3 rings (SSSR count). The van der Waals surface area contributed by atoms with E-state index in [4.69, 9.17) is 4.74 Å². The van der Waals surface area contributed by atoms with Crippen molar-refractivity contribution in [1.82, 2.24) is 5.32 Å². The molecule has 132 valence electrons. The molecule has 25 heavy (non-hydrogen) atoms. The van der Waals surface area contributed by atoms with Gasteiger partial charge < -0.3 is 15.0 Å². The number of carbonyl (C=O) groups excluding carboxylic acids is 1. The lowest BCUT2D eigenvalue weighted by Crippen LogP contribution is -2.30. The summed E-state index contributed by atoms with van der Waals surface area (Å²) in [5, 5.41) is 2.91. The smallest absolute Gasteiger partial charge is 0.257 e. The van der Waals surface area contributed by atoms with Gasteiger partial charge in [0.05, 0.1) is 0 Å². The number of hydrogen-bond acceptors (Lipinski definition) is 3. The maximum Gasteiger partial charge on any atom is 0.257 e. The molecule has 1 N–H and O–H groups in total. The first-order chi connectivity index (χ1) is 12.3. The first kappa shape index (κ1) is 17.3.